The molecule has 210 valence electrons. The van der Waals surface area contributed by atoms with E-state index in [0.717, 1.165) is 77.9 Å². The van der Waals surface area contributed by atoms with Gasteiger partial charge in [0.2, 0.25) is 0 Å². The molecule has 3 aliphatic heterocycles. The van der Waals surface area contributed by atoms with Crippen LogP contribution in [0.5, 0.6) is 0 Å². The molecule has 0 amide bonds. The molecule has 1 aromatic carbocycles. The van der Waals surface area contributed by atoms with Gasteiger partial charge < -0.3 is 0 Å². The topological polar surface area (TPSA) is 63.1 Å². The van der Waals surface area contributed by atoms with Gasteiger partial charge in [-0.3, -0.25) is 0 Å². The van der Waals surface area contributed by atoms with Crippen LogP contribution in [0.4, 0.5) is 14.6 Å². The van der Waals surface area contributed by atoms with Crippen molar-refractivity contribution in [1.82, 2.24) is 19.4 Å². The second kappa shape index (κ2) is 11.3. The van der Waals surface area contributed by atoms with E-state index in [1.165, 1.54) is 5.92 Å². The van der Waals surface area contributed by atoms with Gasteiger partial charge in [-0.1, -0.05) is 0 Å². The number of halogens is 2. The first-order chi connectivity index (χ1) is 18.8. The maximum atomic E-state index is 15.3. The number of rotatable bonds is 1. The van der Waals surface area contributed by atoms with Gasteiger partial charge in [-0.15, -0.1) is 0 Å². The van der Waals surface area contributed by atoms with Gasteiger partial charge in [0.05, 0.1) is 0 Å². The molecule has 10 heteroatoms. The van der Waals surface area contributed by atoms with Crippen molar-refractivity contribution < 1.29 is 34.1 Å². The first kappa shape index (κ1) is 28.3. The van der Waals surface area contributed by atoms with Gasteiger partial charge in [-0.05, 0) is 0 Å². The zero-order valence-corrected chi connectivity index (χ0v) is 29.9. The summed E-state index contributed by atoms with van der Waals surface area (Å²) in [4.78, 5) is 25.4. The van der Waals surface area contributed by atoms with Gasteiger partial charge in [0.15, 0.2) is 0 Å². The van der Waals surface area contributed by atoms with Crippen LogP contribution in [0.25, 0.3) is 11.0 Å². The molecule has 1 N–H and O–H groups in total. The van der Waals surface area contributed by atoms with Crippen molar-refractivity contribution >= 4 is 20.0 Å². The quantitative estimate of drug-likeness (QED) is 0.265. The first-order valence-corrected chi connectivity index (χ1v) is 16.2. The molecule has 0 atom stereocenters. The van der Waals surface area contributed by atoms with E-state index in [-0.39, 0.29) is 17.5 Å². The number of alkyl halides is 2. The number of hydrogen-bond acceptors (Lipinski definition) is 5. The van der Waals surface area contributed by atoms with Crippen LogP contribution in [0.2, 0.25) is 0 Å². The maximum Gasteiger partial charge on any atom is 0 e. The first-order valence-electron chi connectivity index (χ1n) is 14.2. The van der Waals surface area contributed by atoms with Gasteiger partial charge in [0.25, 0.3) is 0 Å². The Hall–Kier alpha value is -3.21. The van der Waals surface area contributed by atoms with Crippen molar-refractivity contribution in [3.8, 4) is 0 Å². The number of nitrogens with zero attached hydrogens (tertiary/aromatic N) is 4. The van der Waals surface area contributed by atoms with Crippen LogP contribution in [0, 0.1) is 18.8 Å². The predicted octanol–water partition coefficient (Wildman–Crippen LogP) is 5.33. The third kappa shape index (κ3) is 5.80. The number of hydrogen-bond donors (Lipinski definition) is 1. The summed E-state index contributed by atoms with van der Waals surface area (Å²) in [5.41, 5.74) is 2.30. The van der Waals surface area contributed by atoms with Gasteiger partial charge in [0.1, 0.15) is 0 Å². The number of benzene rings is 1. The summed E-state index contributed by atoms with van der Waals surface area (Å²) < 4.78 is 33.3. The Morgan fingerprint density at radius 2 is 1.82 bits per heavy atom. The van der Waals surface area contributed by atoms with Crippen LogP contribution in [0.15, 0.2) is 35.1 Å². The zero-order valence-electron chi connectivity index (χ0n) is 23.0. The second-order valence-corrected chi connectivity index (χ2v) is 13.5. The normalized spacial score (nSPS) is 23.0. The average molecular weight is 878 g/mol. The number of pyridine rings is 1. The van der Waals surface area contributed by atoms with Crippen LogP contribution in [-0.2, 0) is 37.7 Å². The molecule has 5 heterocycles. The van der Waals surface area contributed by atoms with E-state index in [1.807, 2.05) is 23.6 Å². The van der Waals surface area contributed by atoms with Crippen molar-refractivity contribution in [1.29, 1.82) is 0 Å². The monoisotopic (exact) mass is 875 g/mol. The van der Waals surface area contributed by atoms with Gasteiger partial charge in [-0.2, -0.15) is 0 Å². The number of aromatic nitrogens is 3. The Morgan fingerprint density at radius 1 is 1.07 bits per heavy atom. The molecule has 0 unspecified atom stereocenters. The third-order valence-electron chi connectivity index (χ3n) is 8.35. The Kier molecular flexibility index (Phi) is 8.04. The van der Waals surface area contributed by atoms with Crippen LogP contribution in [-0.4, -0.2) is 42.2 Å². The SMILES string of the molecule is Cc1nc2c3cc([C-]4CC4)c(=O)n(c3n1)CCCCCCN1CC(CCC(F)(F)c3cccc(c3)[C](=[Cd])N2)C1.[Cm]. The predicted molar refractivity (Wildman–Crippen MR) is 146 cm³/mol. The van der Waals surface area contributed by atoms with Gasteiger partial charge in [-0.25, -0.2) is 0 Å². The van der Waals surface area contributed by atoms with Gasteiger partial charge in [0, 0.05) is 0 Å². The van der Waals surface area contributed by atoms with E-state index < -0.39 is 5.92 Å². The standard InChI is InChI=1S/C30H34F2N5O.Cd.Cm/c1-20-34-27-26-16-25(23-9-10-23)29(38)37(28(26)35-20)14-5-3-2-4-13-36-18-22(19-36)11-12-30(31,32)24-8-6-7-21(15-24)17-33-27;;/h6-8,15-16,22H,2-5,9-14,18-19H2,1H3,(H,33,34,35);;/q-1;;. The molecule has 6 nitrogen and oxygen atoms in total. The summed E-state index contributed by atoms with van der Waals surface area (Å²) in [7, 11) is 0. The molecule has 0 spiro atoms. The zero-order chi connectivity index (χ0) is 27.1. The van der Waals surface area contributed by atoms with E-state index in [0.29, 0.717) is 61.5 Å². The van der Waals surface area contributed by atoms with E-state index in [9.17, 15) is 4.79 Å². The molecule has 4 aliphatic rings. The minimum Gasteiger partial charge on any atom is 0 e. The second-order valence-electron chi connectivity index (χ2n) is 11.4. The third-order valence-corrected chi connectivity index (χ3v) is 10.0. The fourth-order valence-corrected chi connectivity index (χ4v) is 7.03. The summed E-state index contributed by atoms with van der Waals surface area (Å²) >= 11 is 0.326. The van der Waals surface area contributed by atoms with Crippen LogP contribution in [0.3, 0.4) is 0 Å². The molecule has 7 rings (SSSR count). The molecular weight excluding hydrogens is 844 g/mol. The molecule has 1 saturated heterocycles. The van der Waals surface area contributed by atoms with Crippen LogP contribution in [0.1, 0.15) is 73.9 Å². The minimum atomic E-state index is -2.86. The summed E-state index contributed by atoms with van der Waals surface area (Å²) in [5.74, 6) is -0.0898. The molecule has 8 bridgehead atoms. The number of fused-ring (bicyclic) bond motifs is 8. The Morgan fingerprint density at radius 3 is 2.58 bits per heavy atom. The summed E-state index contributed by atoms with van der Waals surface area (Å²) in [5, 5.41) is 4.28. The van der Waals surface area contributed by atoms with Crippen LogP contribution >= 0.6 is 0 Å². The summed E-state index contributed by atoms with van der Waals surface area (Å²) in [6.07, 6.45) is 6.50. The molecule has 40 heavy (non-hydrogen) atoms. The largest absolute Gasteiger partial charge is 0 e. The molecular formula is C30H34CdCmF2N5O-. The summed E-state index contributed by atoms with van der Waals surface area (Å²) in [6.45, 7) is 5.34. The molecule has 3 aromatic rings. The van der Waals surface area contributed by atoms with Crippen molar-refractivity contribution in [3.63, 3.8) is 0 Å². The van der Waals surface area contributed by atoms with Crippen molar-refractivity contribution in [2.45, 2.75) is 70.8 Å². The fraction of sp³-hybridized carbons (Fsp3) is 0.500. The van der Waals surface area contributed by atoms with Crippen molar-refractivity contribution in [3.05, 3.63) is 69.1 Å². The Bertz CT molecular complexity index is 1470. The fourth-order valence-electron chi connectivity index (χ4n) is 5.92. The maximum absolute atomic E-state index is 15.3. The number of aryl methyl sites for hydroxylation is 2. The minimum absolute atomic E-state index is 0. The van der Waals surface area contributed by atoms with E-state index in [1.54, 1.807) is 18.2 Å². The molecule has 1 aliphatic carbocycles. The van der Waals surface area contributed by atoms with Crippen LogP contribution < -0.4 is 10.9 Å². The number of nitrogens with one attached hydrogen (secondary N) is 1. The molecule has 2 fully saturated rings. The van der Waals surface area contributed by atoms with E-state index in [2.05, 4.69) is 10.2 Å². The van der Waals surface area contributed by atoms with Crippen molar-refractivity contribution in [2.75, 3.05) is 25.0 Å². The Balaban J connectivity index is 0.00000323. The summed E-state index contributed by atoms with van der Waals surface area (Å²) in [6, 6.07) is 8.74. The molecule has 1 saturated carbocycles. The average Bonchev–Trinajstić information content (AvgIpc) is 3.72. The van der Waals surface area contributed by atoms with E-state index >= 15 is 8.78 Å². The number of anilines is 1. The van der Waals surface area contributed by atoms with Crippen molar-refractivity contribution in [2.24, 2.45) is 5.92 Å². The molecule has 2 aromatic heterocycles. The van der Waals surface area contributed by atoms with Gasteiger partial charge >= 0.3 is 244 Å². The smallest absolute Gasteiger partial charge is 0 e. The molecule has 0 radical (unpaired) electrons. The Labute approximate surface area is 243 Å². The van der Waals surface area contributed by atoms with E-state index in [4.69, 9.17) is 9.97 Å².